The topological polar surface area (TPSA) is 29.4 Å². The van der Waals surface area contributed by atoms with Crippen LogP contribution in [0, 0.1) is 34.5 Å². The molecule has 0 saturated heterocycles. The second-order valence-corrected chi connectivity index (χ2v) is 8.96. The van der Waals surface area contributed by atoms with Gasteiger partial charge in [-0.05, 0) is 81.3 Å². The van der Waals surface area contributed by atoms with Gasteiger partial charge in [0.2, 0.25) is 0 Å². The van der Waals surface area contributed by atoms with Crippen molar-refractivity contribution >= 4 is 12.0 Å². The van der Waals surface area contributed by atoms with Crippen molar-refractivity contribution < 1.29 is 4.79 Å². The summed E-state index contributed by atoms with van der Waals surface area (Å²) in [5.74, 6) is 3.39. The van der Waals surface area contributed by atoms with Crippen LogP contribution in [0.3, 0.4) is 0 Å². The zero-order valence-corrected chi connectivity index (χ0v) is 14.3. The molecule has 2 nitrogen and oxygen atoms in total. The highest BCUT2D eigenvalue weighted by Crippen LogP contribution is 2.67. The van der Waals surface area contributed by atoms with E-state index in [1.807, 2.05) is 12.2 Å². The molecule has 7 atom stereocenters. The average molecular weight is 309 g/mol. The van der Waals surface area contributed by atoms with Crippen LogP contribution in [0.4, 0.5) is 0 Å². The molecule has 0 bridgehead atoms. The third-order valence-electron chi connectivity index (χ3n) is 8.34. The second kappa shape index (κ2) is 4.46. The largest absolute Gasteiger partial charge is 0.294 e. The number of rotatable bonds is 0. The Labute approximate surface area is 139 Å². The summed E-state index contributed by atoms with van der Waals surface area (Å²) in [5.41, 5.74) is 1.97. The Morgan fingerprint density at radius 3 is 2.83 bits per heavy atom. The maximum atomic E-state index is 11.8. The van der Waals surface area contributed by atoms with E-state index in [9.17, 15) is 4.79 Å². The molecule has 2 heteroatoms. The minimum Gasteiger partial charge on any atom is -0.294 e. The molecule has 0 unspecified atom stereocenters. The van der Waals surface area contributed by atoms with Crippen LogP contribution >= 0.6 is 0 Å². The molecule has 1 spiro atoms. The standard InChI is InChI=1S/C21H27NO/c1-13-17-5-6-19-16-4-3-14-11-15(23)7-9-20(14,2)18(16)8-10-21(17,19)12-22-13/h7,9,11-13,16-19H,3-6,8,10H2,1-2H3/t13-,16+,17+,18-,19-,20-,21-/m0/s1. The van der Waals surface area contributed by atoms with Gasteiger partial charge in [-0.25, -0.2) is 0 Å². The van der Waals surface area contributed by atoms with Gasteiger partial charge < -0.3 is 0 Å². The number of hydrogen-bond acceptors (Lipinski definition) is 2. The smallest absolute Gasteiger partial charge is 0.178 e. The number of aliphatic imine (C=N–C) groups is 1. The van der Waals surface area contributed by atoms with Crippen LogP contribution in [0.15, 0.2) is 28.8 Å². The fourth-order valence-electron chi connectivity index (χ4n) is 7.27. The highest BCUT2D eigenvalue weighted by atomic mass is 16.1. The highest BCUT2D eigenvalue weighted by Gasteiger charge is 2.61. The molecule has 3 fully saturated rings. The van der Waals surface area contributed by atoms with Crippen LogP contribution in [0.5, 0.6) is 0 Å². The molecular formula is C21H27NO. The van der Waals surface area contributed by atoms with Crippen molar-refractivity contribution in [1.29, 1.82) is 0 Å². The van der Waals surface area contributed by atoms with E-state index in [0.29, 0.717) is 11.5 Å². The van der Waals surface area contributed by atoms with E-state index >= 15 is 0 Å². The first-order valence-electron chi connectivity index (χ1n) is 9.53. The molecular weight excluding hydrogens is 282 g/mol. The Morgan fingerprint density at radius 1 is 1.13 bits per heavy atom. The van der Waals surface area contributed by atoms with Crippen molar-refractivity contribution in [2.75, 3.05) is 0 Å². The normalized spacial score (nSPS) is 53.4. The Kier molecular flexibility index (Phi) is 2.75. The minimum absolute atomic E-state index is 0.137. The molecule has 122 valence electrons. The van der Waals surface area contributed by atoms with Crippen molar-refractivity contribution in [1.82, 2.24) is 0 Å². The van der Waals surface area contributed by atoms with Gasteiger partial charge in [-0.2, -0.15) is 0 Å². The van der Waals surface area contributed by atoms with Crippen LogP contribution in [-0.4, -0.2) is 18.0 Å². The molecule has 4 aliphatic carbocycles. The highest BCUT2D eigenvalue weighted by molar-refractivity contribution is 6.01. The van der Waals surface area contributed by atoms with Crippen molar-refractivity contribution in [3.8, 4) is 0 Å². The summed E-state index contributed by atoms with van der Waals surface area (Å²) in [6, 6.07) is 0.540. The summed E-state index contributed by atoms with van der Waals surface area (Å²) in [5, 5.41) is 0. The van der Waals surface area contributed by atoms with Gasteiger partial charge in [0.25, 0.3) is 0 Å². The molecule has 0 amide bonds. The van der Waals surface area contributed by atoms with Gasteiger partial charge in [0, 0.05) is 17.0 Å². The van der Waals surface area contributed by atoms with Crippen LogP contribution in [0.1, 0.15) is 52.4 Å². The number of allylic oxidation sites excluding steroid dienone is 4. The van der Waals surface area contributed by atoms with E-state index in [2.05, 4.69) is 26.1 Å². The number of carbonyl (C=O) groups is 1. The molecule has 0 aromatic heterocycles. The second-order valence-electron chi connectivity index (χ2n) is 8.96. The zero-order valence-electron chi connectivity index (χ0n) is 14.3. The third-order valence-corrected chi connectivity index (χ3v) is 8.34. The van der Waals surface area contributed by atoms with Gasteiger partial charge in [-0.15, -0.1) is 0 Å². The zero-order chi connectivity index (χ0) is 15.8. The lowest BCUT2D eigenvalue weighted by atomic mass is 9.47. The van der Waals surface area contributed by atoms with Gasteiger partial charge >= 0.3 is 0 Å². The van der Waals surface area contributed by atoms with Gasteiger partial charge in [0.15, 0.2) is 5.78 Å². The van der Waals surface area contributed by atoms with E-state index in [1.165, 1.54) is 37.7 Å². The molecule has 0 N–H and O–H groups in total. The molecule has 5 aliphatic rings. The van der Waals surface area contributed by atoms with E-state index in [0.717, 1.165) is 30.1 Å². The van der Waals surface area contributed by atoms with Crippen molar-refractivity contribution in [3.05, 3.63) is 23.8 Å². The number of hydrogen-bond donors (Lipinski definition) is 0. The van der Waals surface area contributed by atoms with E-state index in [4.69, 9.17) is 4.99 Å². The first-order valence-corrected chi connectivity index (χ1v) is 9.53. The summed E-state index contributed by atoms with van der Waals surface area (Å²) in [6.07, 6.45) is 16.2. The molecule has 0 aromatic carbocycles. The predicted molar refractivity (Wildman–Crippen MR) is 92.4 cm³/mol. The van der Waals surface area contributed by atoms with Gasteiger partial charge in [-0.1, -0.05) is 18.6 Å². The molecule has 3 saturated carbocycles. The van der Waals surface area contributed by atoms with Crippen LogP contribution < -0.4 is 0 Å². The molecule has 0 radical (unpaired) electrons. The predicted octanol–water partition coefficient (Wildman–Crippen LogP) is 4.36. The number of fused-ring (bicyclic) bond motifs is 4. The van der Waals surface area contributed by atoms with E-state index in [-0.39, 0.29) is 11.2 Å². The van der Waals surface area contributed by atoms with Gasteiger partial charge in [0.1, 0.15) is 0 Å². The Balaban J connectivity index is 1.53. The molecule has 0 aromatic rings. The SMILES string of the molecule is C[C@@H]1N=C[C@]23CC[C@H]4[C@@H](CCC5=CC(=O)C=C[C@@]54C)[C@@H]2CC[C@H]13. The van der Waals surface area contributed by atoms with Crippen LogP contribution in [-0.2, 0) is 4.79 Å². The first kappa shape index (κ1) is 14.2. The Hall–Kier alpha value is -1.18. The Morgan fingerprint density at radius 2 is 1.96 bits per heavy atom. The summed E-state index contributed by atoms with van der Waals surface area (Å²) >= 11 is 0. The van der Waals surface area contributed by atoms with Crippen LogP contribution in [0.25, 0.3) is 0 Å². The minimum atomic E-state index is 0.137. The summed E-state index contributed by atoms with van der Waals surface area (Å²) in [4.78, 5) is 16.7. The molecule has 23 heavy (non-hydrogen) atoms. The lowest BCUT2D eigenvalue weighted by molar-refractivity contribution is -0.111. The molecule has 1 aliphatic heterocycles. The fraction of sp³-hybridized carbons (Fsp3) is 0.714. The number of carbonyl (C=O) groups excluding carboxylic acids is 1. The quantitative estimate of drug-likeness (QED) is 0.653. The number of nitrogens with zero attached hydrogens (tertiary/aromatic N) is 1. The molecule has 5 rings (SSSR count). The first-order chi connectivity index (χ1) is 11.0. The lowest BCUT2D eigenvalue weighted by Crippen LogP contribution is -2.50. The fourth-order valence-corrected chi connectivity index (χ4v) is 7.27. The maximum Gasteiger partial charge on any atom is 0.178 e. The maximum absolute atomic E-state index is 11.8. The lowest BCUT2D eigenvalue weighted by Gasteiger charge is -2.56. The third kappa shape index (κ3) is 1.65. The summed E-state index contributed by atoms with van der Waals surface area (Å²) < 4.78 is 0. The monoisotopic (exact) mass is 309 g/mol. The summed E-state index contributed by atoms with van der Waals surface area (Å²) in [7, 11) is 0. The van der Waals surface area contributed by atoms with Crippen molar-refractivity contribution in [2.24, 2.45) is 39.5 Å². The average Bonchev–Trinajstić information content (AvgIpc) is 3.06. The van der Waals surface area contributed by atoms with Gasteiger partial charge in [-0.3, -0.25) is 9.79 Å². The van der Waals surface area contributed by atoms with Crippen LogP contribution in [0.2, 0.25) is 0 Å². The van der Waals surface area contributed by atoms with E-state index < -0.39 is 0 Å². The van der Waals surface area contributed by atoms with Gasteiger partial charge in [0.05, 0.1) is 6.04 Å². The molecule has 1 heterocycles. The summed E-state index contributed by atoms with van der Waals surface area (Å²) in [6.45, 7) is 4.72. The Bertz CT molecular complexity index is 659. The number of ketones is 1. The van der Waals surface area contributed by atoms with E-state index in [1.54, 1.807) is 0 Å². The van der Waals surface area contributed by atoms with Crippen molar-refractivity contribution in [3.63, 3.8) is 0 Å². The van der Waals surface area contributed by atoms with Crippen molar-refractivity contribution in [2.45, 2.75) is 58.4 Å².